The second kappa shape index (κ2) is 2.37. The molecular formula is C9H7NO2. The molecule has 0 aliphatic heterocycles. The van der Waals surface area contributed by atoms with E-state index in [1.54, 1.807) is 24.3 Å². The fourth-order valence-corrected chi connectivity index (χ4v) is 1.10. The quantitative estimate of drug-likeness (QED) is 0.617. The summed E-state index contributed by atoms with van der Waals surface area (Å²) in [6.07, 6.45) is 1.35. The van der Waals surface area contributed by atoms with Gasteiger partial charge in [-0.15, -0.1) is 0 Å². The second-order valence-corrected chi connectivity index (χ2v) is 2.57. The molecule has 0 bridgehead atoms. The molecular weight excluding hydrogens is 154 g/mol. The number of phenols is 1. The standard InChI is InChI=1S/C9H7NO2/c11-7-2-1-6-3-8(12)5-10-9(6)4-7/h1-5,11-12H. The summed E-state index contributed by atoms with van der Waals surface area (Å²) >= 11 is 0. The van der Waals surface area contributed by atoms with Crippen LogP contribution in [0.1, 0.15) is 0 Å². The van der Waals surface area contributed by atoms with E-state index in [9.17, 15) is 0 Å². The van der Waals surface area contributed by atoms with Crippen molar-refractivity contribution in [3.05, 3.63) is 30.5 Å². The highest BCUT2D eigenvalue weighted by atomic mass is 16.3. The number of fused-ring (bicyclic) bond motifs is 1. The Hall–Kier alpha value is -1.77. The Balaban J connectivity index is 2.79. The molecule has 2 aromatic rings. The SMILES string of the molecule is Oc1cnc2cc(O)ccc2c1. The fourth-order valence-electron chi connectivity index (χ4n) is 1.10. The average Bonchev–Trinajstić information content (AvgIpc) is 2.05. The third-order valence-electron chi connectivity index (χ3n) is 1.65. The van der Waals surface area contributed by atoms with Crippen molar-refractivity contribution in [1.29, 1.82) is 0 Å². The summed E-state index contributed by atoms with van der Waals surface area (Å²) in [6, 6.07) is 6.41. The topological polar surface area (TPSA) is 53.4 Å². The smallest absolute Gasteiger partial charge is 0.134 e. The van der Waals surface area contributed by atoms with Crippen LogP contribution in [0.2, 0.25) is 0 Å². The van der Waals surface area contributed by atoms with E-state index in [1.165, 1.54) is 6.20 Å². The summed E-state index contributed by atoms with van der Waals surface area (Å²) in [5.74, 6) is 0.314. The highest BCUT2D eigenvalue weighted by Gasteiger charge is 1.96. The second-order valence-electron chi connectivity index (χ2n) is 2.57. The Kier molecular flexibility index (Phi) is 1.37. The van der Waals surface area contributed by atoms with E-state index in [4.69, 9.17) is 10.2 Å². The first kappa shape index (κ1) is 6.91. The molecule has 0 atom stereocenters. The first-order chi connectivity index (χ1) is 5.75. The van der Waals surface area contributed by atoms with Gasteiger partial charge in [0.1, 0.15) is 11.5 Å². The molecule has 0 amide bonds. The van der Waals surface area contributed by atoms with Gasteiger partial charge in [-0.05, 0) is 18.2 Å². The molecule has 1 aromatic carbocycles. The normalized spacial score (nSPS) is 10.3. The Morgan fingerprint density at radius 3 is 2.67 bits per heavy atom. The lowest BCUT2D eigenvalue weighted by Crippen LogP contribution is -1.77. The van der Waals surface area contributed by atoms with Crippen LogP contribution in [0.3, 0.4) is 0 Å². The van der Waals surface area contributed by atoms with Gasteiger partial charge in [-0.25, -0.2) is 0 Å². The average molecular weight is 161 g/mol. The third kappa shape index (κ3) is 1.05. The van der Waals surface area contributed by atoms with Gasteiger partial charge in [0.05, 0.1) is 11.7 Å². The molecule has 0 fully saturated rings. The number of pyridine rings is 1. The summed E-state index contributed by atoms with van der Waals surface area (Å²) in [7, 11) is 0. The highest BCUT2D eigenvalue weighted by molar-refractivity contribution is 5.80. The van der Waals surface area contributed by atoms with Crippen molar-refractivity contribution in [2.75, 3.05) is 0 Å². The minimum Gasteiger partial charge on any atom is -0.508 e. The van der Waals surface area contributed by atoms with Gasteiger partial charge in [0.2, 0.25) is 0 Å². The summed E-state index contributed by atoms with van der Waals surface area (Å²) < 4.78 is 0. The van der Waals surface area contributed by atoms with Crippen molar-refractivity contribution in [2.24, 2.45) is 0 Å². The van der Waals surface area contributed by atoms with E-state index in [-0.39, 0.29) is 11.5 Å². The molecule has 0 aliphatic rings. The largest absolute Gasteiger partial charge is 0.508 e. The number of aromatic hydroxyl groups is 2. The maximum Gasteiger partial charge on any atom is 0.134 e. The molecule has 0 unspecified atom stereocenters. The molecule has 60 valence electrons. The molecule has 2 N–H and O–H groups in total. The monoisotopic (exact) mass is 161 g/mol. The van der Waals surface area contributed by atoms with Gasteiger partial charge < -0.3 is 10.2 Å². The Bertz CT molecular complexity index is 385. The number of benzene rings is 1. The van der Waals surface area contributed by atoms with Crippen LogP contribution in [-0.4, -0.2) is 15.2 Å². The highest BCUT2D eigenvalue weighted by Crippen LogP contribution is 2.20. The fraction of sp³-hybridized carbons (Fsp3) is 0. The van der Waals surface area contributed by atoms with Gasteiger partial charge in [-0.3, -0.25) is 4.98 Å². The number of rotatable bonds is 0. The maximum atomic E-state index is 9.10. The first-order valence-electron chi connectivity index (χ1n) is 3.53. The van der Waals surface area contributed by atoms with Crippen molar-refractivity contribution < 1.29 is 10.2 Å². The zero-order valence-electron chi connectivity index (χ0n) is 6.23. The molecule has 0 radical (unpaired) electrons. The molecule has 3 heteroatoms. The lowest BCUT2D eigenvalue weighted by Gasteiger charge is -1.97. The number of nitrogens with zero attached hydrogens (tertiary/aromatic N) is 1. The molecule has 0 saturated carbocycles. The van der Waals surface area contributed by atoms with E-state index < -0.39 is 0 Å². The van der Waals surface area contributed by atoms with Gasteiger partial charge in [0.15, 0.2) is 0 Å². The molecule has 2 rings (SSSR count). The first-order valence-corrected chi connectivity index (χ1v) is 3.53. The van der Waals surface area contributed by atoms with Crippen LogP contribution in [0, 0.1) is 0 Å². The van der Waals surface area contributed by atoms with Gasteiger partial charge in [-0.1, -0.05) is 0 Å². The van der Waals surface area contributed by atoms with Gasteiger partial charge in [0, 0.05) is 11.5 Å². The number of aromatic nitrogens is 1. The number of hydrogen-bond donors (Lipinski definition) is 2. The Labute approximate surface area is 68.9 Å². The van der Waals surface area contributed by atoms with E-state index in [0.717, 1.165) is 5.39 Å². The molecule has 1 heterocycles. The Morgan fingerprint density at radius 1 is 1.00 bits per heavy atom. The summed E-state index contributed by atoms with van der Waals surface area (Å²) in [5, 5.41) is 19.0. The van der Waals surface area contributed by atoms with Gasteiger partial charge >= 0.3 is 0 Å². The lowest BCUT2D eigenvalue weighted by molar-refractivity contribution is 0.472. The molecule has 0 aliphatic carbocycles. The van der Waals surface area contributed by atoms with Crippen LogP contribution in [0.25, 0.3) is 10.9 Å². The van der Waals surface area contributed by atoms with Crippen LogP contribution < -0.4 is 0 Å². The van der Waals surface area contributed by atoms with E-state index in [1.807, 2.05) is 0 Å². The predicted molar refractivity (Wildman–Crippen MR) is 45.1 cm³/mol. The molecule has 12 heavy (non-hydrogen) atoms. The van der Waals surface area contributed by atoms with E-state index in [0.29, 0.717) is 5.52 Å². The summed E-state index contributed by atoms with van der Waals surface area (Å²) in [6.45, 7) is 0. The lowest BCUT2D eigenvalue weighted by atomic mass is 10.2. The zero-order chi connectivity index (χ0) is 8.55. The van der Waals surface area contributed by atoms with E-state index >= 15 is 0 Å². The Morgan fingerprint density at radius 2 is 1.83 bits per heavy atom. The van der Waals surface area contributed by atoms with Crippen LogP contribution in [0.15, 0.2) is 30.5 Å². The van der Waals surface area contributed by atoms with Crippen LogP contribution >= 0.6 is 0 Å². The van der Waals surface area contributed by atoms with Gasteiger partial charge in [0.25, 0.3) is 0 Å². The van der Waals surface area contributed by atoms with Crippen molar-refractivity contribution in [3.63, 3.8) is 0 Å². The molecule has 3 nitrogen and oxygen atoms in total. The van der Waals surface area contributed by atoms with Crippen molar-refractivity contribution in [2.45, 2.75) is 0 Å². The van der Waals surface area contributed by atoms with Crippen molar-refractivity contribution in [1.82, 2.24) is 4.98 Å². The van der Waals surface area contributed by atoms with Crippen LogP contribution in [0.5, 0.6) is 11.5 Å². The van der Waals surface area contributed by atoms with E-state index in [2.05, 4.69) is 4.98 Å². The summed E-state index contributed by atoms with van der Waals surface area (Å²) in [4.78, 5) is 3.93. The molecule has 0 spiro atoms. The number of hydrogen-bond acceptors (Lipinski definition) is 3. The minimum absolute atomic E-state index is 0.133. The third-order valence-corrected chi connectivity index (χ3v) is 1.65. The zero-order valence-corrected chi connectivity index (χ0v) is 6.23. The maximum absolute atomic E-state index is 9.10. The van der Waals surface area contributed by atoms with Gasteiger partial charge in [-0.2, -0.15) is 0 Å². The minimum atomic E-state index is 0.133. The molecule has 0 saturated heterocycles. The molecule has 1 aromatic heterocycles. The van der Waals surface area contributed by atoms with Crippen LogP contribution in [0.4, 0.5) is 0 Å². The number of phenolic OH excluding ortho intramolecular Hbond substituents is 1. The van der Waals surface area contributed by atoms with Crippen molar-refractivity contribution >= 4 is 10.9 Å². The predicted octanol–water partition coefficient (Wildman–Crippen LogP) is 1.65. The van der Waals surface area contributed by atoms with Crippen molar-refractivity contribution in [3.8, 4) is 11.5 Å². The van der Waals surface area contributed by atoms with Crippen LogP contribution in [-0.2, 0) is 0 Å². The summed E-state index contributed by atoms with van der Waals surface area (Å²) in [5.41, 5.74) is 0.674.